The maximum atomic E-state index is 12.5. The molecule has 0 bridgehead atoms. The van der Waals surface area contributed by atoms with Gasteiger partial charge >= 0.3 is 0 Å². The second-order valence-corrected chi connectivity index (χ2v) is 10.3. The molecule has 0 aromatic carbocycles. The summed E-state index contributed by atoms with van der Waals surface area (Å²) in [6.07, 6.45) is 2.64. The average molecular weight is 546 g/mol. The van der Waals surface area contributed by atoms with E-state index in [1.54, 1.807) is 4.31 Å². The first-order valence-electron chi connectivity index (χ1n) is 10.5. The fraction of sp³-hybridized carbons (Fsp3) is 0.947. The summed E-state index contributed by atoms with van der Waals surface area (Å²) in [6, 6.07) is 0.483. The largest absolute Gasteiger partial charge is 0.378 e. The monoisotopic (exact) mass is 545 g/mol. The number of aliphatic imine (C=N–C) groups is 1. The molecule has 1 saturated carbocycles. The van der Waals surface area contributed by atoms with Crippen LogP contribution in [-0.4, -0.2) is 106 Å². The van der Waals surface area contributed by atoms with E-state index in [0.717, 1.165) is 25.0 Å². The Morgan fingerprint density at radius 1 is 1.21 bits per heavy atom. The smallest absolute Gasteiger partial charge is 0.216 e. The van der Waals surface area contributed by atoms with Crippen molar-refractivity contribution in [1.82, 2.24) is 19.4 Å². The Kier molecular flexibility index (Phi) is 11.7. The lowest BCUT2D eigenvalue weighted by molar-refractivity contribution is 0.0904. The van der Waals surface area contributed by atoms with Crippen LogP contribution in [0, 0.1) is 5.92 Å². The third-order valence-electron chi connectivity index (χ3n) is 5.32. The molecule has 2 rings (SSSR count). The van der Waals surface area contributed by atoms with Crippen molar-refractivity contribution in [3.05, 3.63) is 0 Å². The lowest BCUT2D eigenvalue weighted by atomic mass is 10.2. The van der Waals surface area contributed by atoms with E-state index in [1.807, 2.05) is 13.8 Å². The molecule has 1 atom stereocenters. The maximum absolute atomic E-state index is 12.5. The van der Waals surface area contributed by atoms with Crippen LogP contribution in [0.4, 0.5) is 0 Å². The van der Waals surface area contributed by atoms with E-state index >= 15 is 0 Å². The van der Waals surface area contributed by atoms with Crippen molar-refractivity contribution in [3.8, 4) is 0 Å². The van der Waals surface area contributed by atoms with Crippen molar-refractivity contribution < 1.29 is 13.2 Å². The molecule has 1 unspecified atom stereocenters. The number of likely N-dealkylation sites (N-methyl/N-ethyl adjacent to an activating group) is 1. The highest BCUT2D eigenvalue weighted by Gasteiger charge is 2.33. The Morgan fingerprint density at radius 2 is 1.83 bits per heavy atom. The summed E-state index contributed by atoms with van der Waals surface area (Å²) in [5.41, 5.74) is 0. The van der Waals surface area contributed by atoms with Crippen LogP contribution in [-0.2, 0) is 14.8 Å². The molecule has 172 valence electrons. The number of nitrogens with one attached hydrogen (secondary N) is 1. The topological polar surface area (TPSA) is 77.5 Å². The molecule has 1 saturated heterocycles. The molecule has 1 aliphatic carbocycles. The summed E-state index contributed by atoms with van der Waals surface area (Å²) in [5, 5.41) is 3.38. The van der Waals surface area contributed by atoms with Gasteiger partial charge in [0.05, 0.1) is 25.0 Å². The second kappa shape index (κ2) is 12.6. The van der Waals surface area contributed by atoms with Gasteiger partial charge in [0.1, 0.15) is 0 Å². The number of piperazine rings is 1. The normalized spacial score (nSPS) is 20.1. The summed E-state index contributed by atoms with van der Waals surface area (Å²) in [7, 11) is 0.981. The Labute approximate surface area is 194 Å². The van der Waals surface area contributed by atoms with Crippen molar-refractivity contribution in [2.75, 3.05) is 65.7 Å². The lowest BCUT2D eigenvalue weighted by Gasteiger charge is -2.36. The number of ether oxygens (including phenoxy) is 1. The van der Waals surface area contributed by atoms with Gasteiger partial charge in [-0.3, -0.25) is 4.99 Å². The zero-order valence-corrected chi connectivity index (χ0v) is 21.8. The van der Waals surface area contributed by atoms with Crippen LogP contribution in [0.3, 0.4) is 0 Å². The molecule has 0 amide bonds. The Bertz CT molecular complexity index is 601. The van der Waals surface area contributed by atoms with Crippen LogP contribution >= 0.6 is 24.0 Å². The van der Waals surface area contributed by atoms with Crippen molar-refractivity contribution >= 4 is 40.0 Å². The predicted octanol–water partition coefficient (Wildman–Crippen LogP) is 1.28. The van der Waals surface area contributed by atoms with E-state index in [-0.39, 0.29) is 42.4 Å². The fourth-order valence-electron chi connectivity index (χ4n) is 3.52. The molecular formula is C19H40IN5O3S. The molecule has 2 aliphatic rings. The molecule has 0 aromatic rings. The van der Waals surface area contributed by atoms with E-state index in [9.17, 15) is 8.42 Å². The van der Waals surface area contributed by atoms with E-state index in [1.165, 1.54) is 12.8 Å². The standard InChI is InChI=1S/C19H39N5O3S.HI/c1-6-20-19(21-15-18(22(4)5)17-7-8-17)23-9-11-24(12-10-23)28(25,26)14-13-27-16(2)3;/h16-18H,6-15H2,1-5H3,(H,20,21);1H. The van der Waals surface area contributed by atoms with Crippen LogP contribution in [0.15, 0.2) is 4.99 Å². The number of guanidine groups is 1. The molecule has 1 heterocycles. The predicted molar refractivity (Wildman–Crippen MR) is 130 cm³/mol. The van der Waals surface area contributed by atoms with Gasteiger partial charge < -0.3 is 19.9 Å². The number of rotatable bonds is 10. The number of hydrogen-bond donors (Lipinski definition) is 1. The van der Waals surface area contributed by atoms with Gasteiger partial charge in [-0.1, -0.05) is 0 Å². The first-order valence-corrected chi connectivity index (χ1v) is 12.1. The summed E-state index contributed by atoms with van der Waals surface area (Å²) in [5.74, 6) is 1.71. The van der Waals surface area contributed by atoms with Gasteiger partial charge in [-0.05, 0) is 53.6 Å². The van der Waals surface area contributed by atoms with Crippen LogP contribution < -0.4 is 5.32 Å². The molecule has 0 spiro atoms. The van der Waals surface area contributed by atoms with Gasteiger partial charge in [-0.25, -0.2) is 8.42 Å². The maximum Gasteiger partial charge on any atom is 0.216 e. The molecule has 0 radical (unpaired) electrons. The summed E-state index contributed by atoms with van der Waals surface area (Å²) in [6.45, 7) is 10.0. The highest BCUT2D eigenvalue weighted by molar-refractivity contribution is 14.0. The second-order valence-electron chi connectivity index (χ2n) is 8.18. The van der Waals surface area contributed by atoms with Crippen LogP contribution in [0.1, 0.15) is 33.6 Å². The third kappa shape index (κ3) is 8.84. The van der Waals surface area contributed by atoms with E-state index in [0.29, 0.717) is 32.2 Å². The van der Waals surface area contributed by atoms with E-state index in [4.69, 9.17) is 9.73 Å². The first kappa shape index (κ1) is 26.9. The SMILES string of the molecule is CCNC(=NCC(C1CC1)N(C)C)N1CCN(S(=O)(=O)CCOC(C)C)CC1.I. The first-order chi connectivity index (χ1) is 13.2. The number of hydrogen-bond acceptors (Lipinski definition) is 5. The Morgan fingerprint density at radius 3 is 2.31 bits per heavy atom. The molecule has 1 N–H and O–H groups in total. The van der Waals surface area contributed by atoms with Crippen molar-refractivity contribution in [3.63, 3.8) is 0 Å². The molecule has 1 aliphatic heterocycles. The van der Waals surface area contributed by atoms with Crippen molar-refractivity contribution in [2.45, 2.75) is 45.8 Å². The highest BCUT2D eigenvalue weighted by Crippen LogP contribution is 2.34. The minimum absolute atomic E-state index is 0. The van der Waals surface area contributed by atoms with Gasteiger partial charge in [-0.2, -0.15) is 4.31 Å². The van der Waals surface area contributed by atoms with Gasteiger partial charge in [0.25, 0.3) is 0 Å². The lowest BCUT2D eigenvalue weighted by Crippen LogP contribution is -2.54. The fourth-order valence-corrected chi connectivity index (χ4v) is 4.80. The van der Waals surface area contributed by atoms with E-state index < -0.39 is 10.0 Å². The van der Waals surface area contributed by atoms with Crippen LogP contribution in [0.2, 0.25) is 0 Å². The Balaban J connectivity index is 0.00000420. The van der Waals surface area contributed by atoms with Crippen molar-refractivity contribution in [2.24, 2.45) is 10.9 Å². The molecule has 10 heteroatoms. The third-order valence-corrected chi connectivity index (χ3v) is 7.15. The van der Waals surface area contributed by atoms with Gasteiger partial charge in [0.2, 0.25) is 10.0 Å². The molecule has 8 nitrogen and oxygen atoms in total. The van der Waals surface area contributed by atoms with Gasteiger partial charge in [0.15, 0.2) is 5.96 Å². The van der Waals surface area contributed by atoms with Gasteiger partial charge in [0, 0.05) is 38.8 Å². The van der Waals surface area contributed by atoms with E-state index in [2.05, 4.69) is 36.1 Å². The number of halogens is 1. The summed E-state index contributed by atoms with van der Waals surface area (Å²) < 4.78 is 32.0. The molecular weight excluding hydrogens is 505 g/mol. The van der Waals surface area contributed by atoms with Gasteiger partial charge in [-0.15, -0.1) is 24.0 Å². The molecule has 0 aromatic heterocycles. The zero-order chi connectivity index (χ0) is 20.7. The number of nitrogens with zero attached hydrogens (tertiary/aromatic N) is 4. The van der Waals surface area contributed by atoms with Crippen LogP contribution in [0.5, 0.6) is 0 Å². The minimum Gasteiger partial charge on any atom is -0.378 e. The minimum atomic E-state index is -3.27. The van der Waals surface area contributed by atoms with Crippen molar-refractivity contribution in [1.29, 1.82) is 0 Å². The molecule has 29 heavy (non-hydrogen) atoms. The highest BCUT2D eigenvalue weighted by atomic mass is 127. The summed E-state index contributed by atoms with van der Waals surface area (Å²) in [4.78, 5) is 9.33. The number of sulfonamides is 1. The quantitative estimate of drug-likeness (QED) is 0.253. The van der Waals surface area contributed by atoms with Crippen LogP contribution in [0.25, 0.3) is 0 Å². The zero-order valence-electron chi connectivity index (χ0n) is 18.6. The summed E-state index contributed by atoms with van der Waals surface area (Å²) >= 11 is 0. The average Bonchev–Trinajstić information content (AvgIpc) is 3.45. The Hall–Kier alpha value is -0.170. The molecule has 2 fully saturated rings.